The van der Waals surface area contributed by atoms with E-state index in [1.54, 1.807) is 0 Å². The van der Waals surface area contributed by atoms with Crippen molar-refractivity contribution in [1.82, 2.24) is 0 Å². The molecule has 0 spiro atoms. The highest BCUT2D eigenvalue weighted by Crippen LogP contribution is 2.40. The molecule has 2 fully saturated rings. The second-order valence-electron chi connectivity index (χ2n) is 5.18. The quantitative estimate of drug-likeness (QED) is 0.661. The highest BCUT2D eigenvalue weighted by atomic mass is 16.3. The lowest BCUT2D eigenvalue weighted by molar-refractivity contribution is 0.0768. The number of aliphatic hydroxyl groups is 1. The summed E-state index contributed by atoms with van der Waals surface area (Å²) in [6, 6.07) is 0. The van der Waals surface area contributed by atoms with E-state index in [9.17, 15) is 5.11 Å². The fraction of sp³-hybridized carbons (Fsp3) is 1.00. The SMILES string of the molecule is CC1CCC([C@@H]2CCC[C@H]2O)CC1. The summed E-state index contributed by atoms with van der Waals surface area (Å²) < 4.78 is 0. The minimum Gasteiger partial charge on any atom is -0.393 e. The first-order chi connectivity index (χ1) is 6.27. The van der Waals surface area contributed by atoms with E-state index in [0.717, 1.165) is 18.3 Å². The number of rotatable bonds is 1. The van der Waals surface area contributed by atoms with Gasteiger partial charge in [0.1, 0.15) is 0 Å². The zero-order valence-corrected chi connectivity index (χ0v) is 8.71. The number of hydrogen-bond acceptors (Lipinski definition) is 1. The van der Waals surface area contributed by atoms with Crippen molar-refractivity contribution in [2.75, 3.05) is 0 Å². The average Bonchev–Trinajstić information content (AvgIpc) is 2.53. The Bertz CT molecular complexity index is 159. The maximum absolute atomic E-state index is 9.81. The van der Waals surface area contributed by atoms with Crippen LogP contribution < -0.4 is 0 Å². The maximum atomic E-state index is 9.81. The van der Waals surface area contributed by atoms with E-state index >= 15 is 0 Å². The van der Waals surface area contributed by atoms with Crippen molar-refractivity contribution < 1.29 is 5.11 Å². The number of hydrogen-bond donors (Lipinski definition) is 1. The zero-order chi connectivity index (χ0) is 9.26. The molecule has 76 valence electrons. The third-order valence-electron chi connectivity index (χ3n) is 4.20. The largest absolute Gasteiger partial charge is 0.393 e. The summed E-state index contributed by atoms with van der Waals surface area (Å²) in [4.78, 5) is 0. The third kappa shape index (κ3) is 2.07. The average molecular weight is 182 g/mol. The molecule has 0 aromatic rings. The van der Waals surface area contributed by atoms with Gasteiger partial charge in [0.15, 0.2) is 0 Å². The molecule has 0 amide bonds. The molecule has 0 bridgehead atoms. The Morgan fingerprint density at radius 2 is 1.62 bits per heavy atom. The van der Waals surface area contributed by atoms with Gasteiger partial charge in [-0.15, -0.1) is 0 Å². The van der Waals surface area contributed by atoms with E-state index < -0.39 is 0 Å². The fourth-order valence-corrected chi connectivity index (χ4v) is 3.23. The molecule has 2 rings (SSSR count). The van der Waals surface area contributed by atoms with Crippen molar-refractivity contribution in [2.45, 2.75) is 58.0 Å². The highest BCUT2D eigenvalue weighted by Gasteiger charge is 2.33. The Labute approximate surface area is 81.5 Å². The topological polar surface area (TPSA) is 20.2 Å². The van der Waals surface area contributed by atoms with Crippen LogP contribution in [0.4, 0.5) is 0 Å². The molecule has 13 heavy (non-hydrogen) atoms. The molecule has 0 saturated heterocycles. The Balaban J connectivity index is 1.86. The molecule has 2 aliphatic rings. The molecule has 2 atom stereocenters. The van der Waals surface area contributed by atoms with Crippen molar-refractivity contribution in [3.8, 4) is 0 Å². The van der Waals surface area contributed by atoms with Gasteiger partial charge in [0.05, 0.1) is 6.10 Å². The first-order valence-electron chi connectivity index (χ1n) is 5.95. The lowest BCUT2D eigenvalue weighted by Crippen LogP contribution is -2.26. The van der Waals surface area contributed by atoms with Crippen LogP contribution in [-0.4, -0.2) is 11.2 Å². The van der Waals surface area contributed by atoms with Crippen molar-refractivity contribution in [1.29, 1.82) is 0 Å². The van der Waals surface area contributed by atoms with E-state index in [-0.39, 0.29) is 6.10 Å². The molecule has 0 unspecified atom stereocenters. The van der Waals surface area contributed by atoms with E-state index in [0.29, 0.717) is 5.92 Å². The summed E-state index contributed by atoms with van der Waals surface area (Å²) in [5, 5.41) is 9.81. The zero-order valence-electron chi connectivity index (χ0n) is 8.71. The summed E-state index contributed by atoms with van der Waals surface area (Å²) in [6.07, 6.45) is 9.21. The Morgan fingerprint density at radius 3 is 2.15 bits per heavy atom. The minimum absolute atomic E-state index is 0.0402. The molecule has 0 aliphatic heterocycles. The summed E-state index contributed by atoms with van der Waals surface area (Å²) in [6.45, 7) is 2.36. The molecular formula is C12H22O. The molecular weight excluding hydrogens is 160 g/mol. The molecule has 1 heteroatoms. The van der Waals surface area contributed by atoms with Gasteiger partial charge >= 0.3 is 0 Å². The van der Waals surface area contributed by atoms with Gasteiger partial charge in [-0.25, -0.2) is 0 Å². The third-order valence-corrected chi connectivity index (χ3v) is 4.20. The van der Waals surface area contributed by atoms with Gasteiger partial charge in [0.25, 0.3) is 0 Å². The van der Waals surface area contributed by atoms with Gasteiger partial charge in [-0.3, -0.25) is 0 Å². The van der Waals surface area contributed by atoms with Gasteiger partial charge in [-0.05, 0) is 43.4 Å². The predicted molar refractivity (Wildman–Crippen MR) is 54.5 cm³/mol. The lowest BCUT2D eigenvalue weighted by Gasteiger charge is -2.32. The number of aliphatic hydroxyl groups excluding tert-OH is 1. The molecule has 1 N–H and O–H groups in total. The van der Waals surface area contributed by atoms with Crippen molar-refractivity contribution in [3.63, 3.8) is 0 Å². The highest BCUT2D eigenvalue weighted by molar-refractivity contribution is 4.84. The van der Waals surface area contributed by atoms with Gasteiger partial charge in [-0.1, -0.05) is 26.2 Å². The Morgan fingerprint density at radius 1 is 0.923 bits per heavy atom. The van der Waals surface area contributed by atoms with Crippen LogP contribution in [0.5, 0.6) is 0 Å². The second-order valence-corrected chi connectivity index (χ2v) is 5.18. The summed E-state index contributed by atoms with van der Waals surface area (Å²) in [5.74, 6) is 2.45. The van der Waals surface area contributed by atoms with Crippen LogP contribution in [0, 0.1) is 17.8 Å². The van der Waals surface area contributed by atoms with Gasteiger partial charge in [-0.2, -0.15) is 0 Å². The molecule has 2 aliphatic carbocycles. The van der Waals surface area contributed by atoms with Crippen LogP contribution in [0.15, 0.2) is 0 Å². The summed E-state index contributed by atoms with van der Waals surface area (Å²) in [5.41, 5.74) is 0. The van der Waals surface area contributed by atoms with E-state index in [1.165, 1.54) is 38.5 Å². The van der Waals surface area contributed by atoms with E-state index in [2.05, 4.69) is 6.92 Å². The summed E-state index contributed by atoms with van der Waals surface area (Å²) in [7, 11) is 0. The first-order valence-corrected chi connectivity index (χ1v) is 5.95. The monoisotopic (exact) mass is 182 g/mol. The molecule has 0 aromatic heterocycles. The molecule has 2 saturated carbocycles. The van der Waals surface area contributed by atoms with Crippen LogP contribution in [0.25, 0.3) is 0 Å². The summed E-state index contributed by atoms with van der Waals surface area (Å²) >= 11 is 0. The van der Waals surface area contributed by atoms with Crippen molar-refractivity contribution in [3.05, 3.63) is 0 Å². The van der Waals surface area contributed by atoms with E-state index in [4.69, 9.17) is 0 Å². The van der Waals surface area contributed by atoms with Gasteiger partial charge in [0.2, 0.25) is 0 Å². The molecule has 1 nitrogen and oxygen atoms in total. The molecule has 0 radical (unpaired) electrons. The lowest BCUT2D eigenvalue weighted by atomic mass is 9.75. The van der Waals surface area contributed by atoms with Crippen molar-refractivity contribution in [2.24, 2.45) is 17.8 Å². The van der Waals surface area contributed by atoms with E-state index in [1.807, 2.05) is 0 Å². The fourth-order valence-electron chi connectivity index (χ4n) is 3.23. The standard InChI is InChI=1S/C12H22O/c1-9-5-7-10(8-6-9)11-3-2-4-12(11)13/h9-13H,2-8H2,1H3/t9?,10?,11-,12+/m0/s1. The van der Waals surface area contributed by atoms with Gasteiger partial charge in [0, 0.05) is 0 Å². The van der Waals surface area contributed by atoms with Crippen LogP contribution in [0.3, 0.4) is 0 Å². The second kappa shape index (κ2) is 4.00. The predicted octanol–water partition coefficient (Wildman–Crippen LogP) is 2.97. The van der Waals surface area contributed by atoms with Crippen LogP contribution in [-0.2, 0) is 0 Å². The van der Waals surface area contributed by atoms with Gasteiger partial charge < -0.3 is 5.11 Å². The smallest absolute Gasteiger partial charge is 0.0571 e. The molecule has 0 heterocycles. The normalized spacial score (nSPS) is 46.6. The maximum Gasteiger partial charge on any atom is 0.0571 e. The van der Waals surface area contributed by atoms with Crippen LogP contribution in [0.2, 0.25) is 0 Å². The minimum atomic E-state index is 0.0402. The van der Waals surface area contributed by atoms with Crippen LogP contribution in [0.1, 0.15) is 51.9 Å². The van der Waals surface area contributed by atoms with Crippen LogP contribution >= 0.6 is 0 Å². The Kier molecular flexibility index (Phi) is 2.92. The first kappa shape index (κ1) is 9.51. The van der Waals surface area contributed by atoms with Crippen molar-refractivity contribution >= 4 is 0 Å². The Hall–Kier alpha value is -0.0400. The molecule has 0 aromatic carbocycles.